The van der Waals surface area contributed by atoms with Crippen LogP contribution < -0.4 is 10.5 Å². The zero-order valence-corrected chi connectivity index (χ0v) is 14.7. The second kappa shape index (κ2) is 8.28. The molecule has 0 atom stereocenters. The summed E-state index contributed by atoms with van der Waals surface area (Å²) in [5, 5.41) is 0. The van der Waals surface area contributed by atoms with E-state index in [2.05, 4.69) is 30.3 Å². The molecule has 0 bridgehead atoms. The molecule has 0 amide bonds. The minimum atomic E-state index is -0.319. The number of esters is 1. The average molecular weight is 343 g/mol. The monoisotopic (exact) mass is 343 g/mol. The van der Waals surface area contributed by atoms with E-state index in [0.29, 0.717) is 12.3 Å². The Hall–Kier alpha value is -3.17. The van der Waals surface area contributed by atoms with E-state index < -0.39 is 0 Å². The zero-order chi connectivity index (χ0) is 18.4. The SMILES string of the molecule is CC(=O)Oc1ccc(/C=C/c2ccccc2-c2ccccc2CN)cc1. The molecule has 130 valence electrons. The van der Waals surface area contributed by atoms with E-state index in [1.807, 2.05) is 42.5 Å². The molecular formula is C23H21NO2. The van der Waals surface area contributed by atoms with E-state index in [-0.39, 0.29) is 5.97 Å². The van der Waals surface area contributed by atoms with E-state index in [0.717, 1.165) is 27.8 Å². The van der Waals surface area contributed by atoms with Crippen molar-refractivity contribution in [1.82, 2.24) is 0 Å². The summed E-state index contributed by atoms with van der Waals surface area (Å²) in [6, 6.07) is 23.9. The molecule has 26 heavy (non-hydrogen) atoms. The van der Waals surface area contributed by atoms with Crippen molar-refractivity contribution in [2.24, 2.45) is 5.73 Å². The third-order valence-corrected chi connectivity index (χ3v) is 4.09. The number of benzene rings is 3. The summed E-state index contributed by atoms with van der Waals surface area (Å²) in [5.74, 6) is 0.229. The van der Waals surface area contributed by atoms with E-state index >= 15 is 0 Å². The largest absolute Gasteiger partial charge is 0.427 e. The maximum atomic E-state index is 11.0. The second-order valence-corrected chi connectivity index (χ2v) is 5.94. The van der Waals surface area contributed by atoms with Crippen molar-refractivity contribution in [1.29, 1.82) is 0 Å². The third-order valence-electron chi connectivity index (χ3n) is 4.09. The lowest BCUT2D eigenvalue weighted by Gasteiger charge is -2.11. The van der Waals surface area contributed by atoms with Gasteiger partial charge in [-0.2, -0.15) is 0 Å². The summed E-state index contributed by atoms with van der Waals surface area (Å²) < 4.78 is 5.06. The van der Waals surface area contributed by atoms with E-state index in [1.165, 1.54) is 6.92 Å². The summed E-state index contributed by atoms with van der Waals surface area (Å²) in [6.45, 7) is 1.90. The molecule has 3 nitrogen and oxygen atoms in total. The Labute approximate surface area is 153 Å². The van der Waals surface area contributed by atoms with Crippen LogP contribution in [0.3, 0.4) is 0 Å². The maximum Gasteiger partial charge on any atom is 0.308 e. The number of ether oxygens (including phenoxy) is 1. The van der Waals surface area contributed by atoms with Gasteiger partial charge in [-0.1, -0.05) is 72.8 Å². The highest BCUT2D eigenvalue weighted by atomic mass is 16.5. The Balaban J connectivity index is 1.89. The van der Waals surface area contributed by atoms with Gasteiger partial charge in [0.05, 0.1) is 0 Å². The van der Waals surface area contributed by atoms with Crippen molar-refractivity contribution >= 4 is 18.1 Å². The lowest BCUT2D eigenvalue weighted by Crippen LogP contribution is -2.00. The summed E-state index contributed by atoms with van der Waals surface area (Å²) in [6.07, 6.45) is 4.13. The molecule has 0 saturated carbocycles. The minimum absolute atomic E-state index is 0.319. The van der Waals surface area contributed by atoms with Crippen LogP contribution in [0.5, 0.6) is 5.75 Å². The Morgan fingerprint density at radius 2 is 1.54 bits per heavy atom. The lowest BCUT2D eigenvalue weighted by molar-refractivity contribution is -0.131. The van der Waals surface area contributed by atoms with Crippen LogP contribution in [0.15, 0.2) is 72.8 Å². The number of carbonyl (C=O) groups excluding carboxylic acids is 1. The fraction of sp³-hybridized carbons (Fsp3) is 0.0870. The van der Waals surface area contributed by atoms with Gasteiger partial charge < -0.3 is 10.5 Å². The molecule has 0 heterocycles. The fourth-order valence-corrected chi connectivity index (χ4v) is 2.85. The van der Waals surface area contributed by atoms with Crippen LogP contribution in [-0.4, -0.2) is 5.97 Å². The summed E-state index contributed by atoms with van der Waals surface area (Å²) in [5.41, 5.74) is 11.5. The van der Waals surface area contributed by atoms with Crippen LogP contribution in [0.25, 0.3) is 23.3 Å². The fourth-order valence-electron chi connectivity index (χ4n) is 2.85. The molecule has 0 radical (unpaired) electrons. The second-order valence-electron chi connectivity index (χ2n) is 5.94. The Bertz CT molecular complexity index is 927. The van der Waals surface area contributed by atoms with Crippen LogP contribution >= 0.6 is 0 Å². The van der Waals surface area contributed by atoms with Crippen molar-refractivity contribution < 1.29 is 9.53 Å². The number of rotatable bonds is 5. The molecule has 3 heteroatoms. The smallest absolute Gasteiger partial charge is 0.308 e. The highest BCUT2D eigenvalue weighted by molar-refractivity contribution is 5.82. The van der Waals surface area contributed by atoms with Gasteiger partial charge >= 0.3 is 5.97 Å². The van der Waals surface area contributed by atoms with Crippen LogP contribution in [0.4, 0.5) is 0 Å². The lowest BCUT2D eigenvalue weighted by atomic mass is 9.95. The van der Waals surface area contributed by atoms with E-state index in [4.69, 9.17) is 10.5 Å². The summed E-state index contributed by atoms with van der Waals surface area (Å²) >= 11 is 0. The van der Waals surface area contributed by atoms with Gasteiger partial charge in [0, 0.05) is 13.5 Å². The molecule has 0 aliphatic rings. The zero-order valence-electron chi connectivity index (χ0n) is 14.7. The molecule has 2 N–H and O–H groups in total. The summed E-state index contributed by atoms with van der Waals surface area (Å²) in [7, 11) is 0. The number of hydrogen-bond donors (Lipinski definition) is 1. The van der Waals surface area contributed by atoms with Crippen LogP contribution in [0.1, 0.15) is 23.6 Å². The number of hydrogen-bond acceptors (Lipinski definition) is 3. The highest BCUT2D eigenvalue weighted by Crippen LogP contribution is 2.28. The first-order valence-corrected chi connectivity index (χ1v) is 8.51. The normalized spacial score (nSPS) is 10.8. The molecular weight excluding hydrogens is 322 g/mol. The van der Waals surface area contributed by atoms with Crippen LogP contribution in [0.2, 0.25) is 0 Å². The van der Waals surface area contributed by atoms with Crippen LogP contribution in [0, 0.1) is 0 Å². The first-order chi connectivity index (χ1) is 12.7. The van der Waals surface area contributed by atoms with E-state index in [9.17, 15) is 4.79 Å². The Kier molecular flexibility index (Phi) is 5.62. The van der Waals surface area contributed by atoms with Crippen LogP contribution in [-0.2, 0) is 11.3 Å². The number of nitrogens with two attached hydrogens (primary N) is 1. The molecule has 0 spiro atoms. The van der Waals surface area contributed by atoms with E-state index in [1.54, 1.807) is 12.1 Å². The molecule has 0 aromatic heterocycles. The molecule has 0 fully saturated rings. The van der Waals surface area contributed by atoms with Crippen molar-refractivity contribution in [2.75, 3.05) is 0 Å². The molecule has 0 aliphatic carbocycles. The molecule has 3 rings (SSSR count). The van der Waals surface area contributed by atoms with Gasteiger partial charge in [0.15, 0.2) is 0 Å². The highest BCUT2D eigenvalue weighted by Gasteiger charge is 2.06. The van der Waals surface area contributed by atoms with Gasteiger partial charge in [-0.15, -0.1) is 0 Å². The van der Waals surface area contributed by atoms with Gasteiger partial charge in [0.1, 0.15) is 5.75 Å². The first-order valence-electron chi connectivity index (χ1n) is 8.51. The standard InChI is InChI=1S/C23H21NO2/c1-17(25)26-21-14-11-18(12-15-21)10-13-19-6-2-4-8-22(19)23-9-5-3-7-20(23)16-24/h2-15H,16,24H2,1H3/b13-10+. The van der Waals surface area contributed by atoms with Gasteiger partial charge in [-0.3, -0.25) is 4.79 Å². The first kappa shape index (κ1) is 17.6. The molecule has 3 aromatic carbocycles. The predicted molar refractivity (Wildman–Crippen MR) is 106 cm³/mol. The topological polar surface area (TPSA) is 52.3 Å². The van der Waals surface area contributed by atoms with Gasteiger partial charge in [0.25, 0.3) is 0 Å². The van der Waals surface area contributed by atoms with Crippen molar-refractivity contribution in [2.45, 2.75) is 13.5 Å². The Morgan fingerprint density at radius 1 is 0.885 bits per heavy atom. The average Bonchev–Trinajstić information content (AvgIpc) is 2.67. The third kappa shape index (κ3) is 4.26. The number of carbonyl (C=O) groups is 1. The summed E-state index contributed by atoms with van der Waals surface area (Å²) in [4.78, 5) is 11.0. The predicted octanol–water partition coefficient (Wildman–Crippen LogP) is 4.91. The quantitative estimate of drug-likeness (QED) is 0.407. The molecule has 0 unspecified atom stereocenters. The Morgan fingerprint density at radius 3 is 2.23 bits per heavy atom. The maximum absolute atomic E-state index is 11.0. The molecule has 3 aromatic rings. The molecule has 0 aliphatic heterocycles. The molecule has 0 saturated heterocycles. The van der Waals surface area contributed by atoms with Gasteiger partial charge in [-0.05, 0) is 39.9 Å². The van der Waals surface area contributed by atoms with Crippen molar-refractivity contribution in [3.8, 4) is 16.9 Å². The minimum Gasteiger partial charge on any atom is -0.427 e. The van der Waals surface area contributed by atoms with Crippen molar-refractivity contribution in [3.63, 3.8) is 0 Å². The van der Waals surface area contributed by atoms with Crippen molar-refractivity contribution in [3.05, 3.63) is 89.5 Å². The van der Waals surface area contributed by atoms with Gasteiger partial charge in [0.2, 0.25) is 0 Å². The van der Waals surface area contributed by atoms with Gasteiger partial charge in [-0.25, -0.2) is 0 Å².